The van der Waals surface area contributed by atoms with Crippen LogP contribution in [0.3, 0.4) is 0 Å². The molecule has 4 rings (SSSR count). The Morgan fingerprint density at radius 2 is 1.45 bits per heavy atom. The van der Waals surface area contributed by atoms with Crippen molar-refractivity contribution in [3.63, 3.8) is 0 Å². The van der Waals surface area contributed by atoms with Crippen molar-refractivity contribution < 1.29 is 25.0 Å². The first kappa shape index (κ1) is 30.7. The first-order chi connectivity index (χ1) is 20.2. The Morgan fingerprint density at radius 3 is 2.05 bits per heavy atom. The van der Waals surface area contributed by atoms with Crippen molar-refractivity contribution in [2.45, 2.75) is 64.7 Å². The zero-order valence-corrected chi connectivity index (χ0v) is 24.2. The van der Waals surface area contributed by atoms with Crippen molar-refractivity contribution >= 4 is 17.5 Å². The summed E-state index contributed by atoms with van der Waals surface area (Å²) in [5.41, 5.74) is 8.24. The van der Waals surface area contributed by atoms with Gasteiger partial charge in [0, 0.05) is 23.5 Å². The standard InChI is InChI=1S/C34H39N3O5/c1-22(2)32-31(34(41)35-26-12-8-5-9-13-26)30(24-10-6-4-7-11-24)33(25-16-14-23(3)15-17-25)37(32)19-18-27(38)20-28(39)21-29(40)36-42/h4-17,22,27-28,38-39,42H,18-21H2,1-3H3,(H,35,41)(H,36,40)/t27-,28-/m1/s1. The summed E-state index contributed by atoms with van der Waals surface area (Å²) in [5.74, 6) is -0.980. The summed E-state index contributed by atoms with van der Waals surface area (Å²) in [4.78, 5) is 25.6. The van der Waals surface area contributed by atoms with Gasteiger partial charge in [0.15, 0.2) is 0 Å². The highest BCUT2D eigenvalue weighted by Crippen LogP contribution is 2.42. The fourth-order valence-corrected chi connectivity index (χ4v) is 5.36. The van der Waals surface area contributed by atoms with Gasteiger partial charge < -0.3 is 20.1 Å². The van der Waals surface area contributed by atoms with E-state index in [-0.39, 0.29) is 31.1 Å². The van der Waals surface area contributed by atoms with Gasteiger partial charge in [0.1, 0.15) is 0 Å². The van der Waals surface area contributed by atoms with Crippen LogP contribution in [-0.2, 0) is 11.3 Å². The van der Waals surface area contributed by atoms with Gasteiger partial charge in [-0.15, -0.1) is 0 Å². The van der Waals surface area contributed by atoms with Gasteiger partial charge in [0.05, 0.1) is 29.9 Å². The van der Waals surface area contributed by atoms with E-state index in [2.05, 4.69) is 9.88 Å². The maximum Gasteiger partial charge on any atom is 0.258 e. The second-order valence-corrected chi connectivity index (χ2v) is 10.9. The first-order valence-corrected chi connectivity index (χ1v) is 14.2. The minimum absolute atomic E-state index is 0.0293. The number of para-hydroxylation sites is 1. The Hall–Kier alpha value is -4.24. The minimum Gasteiger partial charge on any atom is -0.393 e. The van der Waals surface area contributed by atoms with Crippen molar-refractivity contribution in [3.8, 4) is 22.4 Å². The summed E-state index contributed by atoms with van der Waals surface area (Å²) in [6, 6.07) is 27.4. The molecule has 8 nitrogen and oxygen atoms in total. The van der Waals surface area contributed by atoms with E-state index < -0.39 is 18.1 Å². The molecule has 42 heavy (non-hydrogen) atoms. The third-order valence-corrected chi connectivity index (χ3v) is 7.27. The Labute approximate surface area is 246 Å². The van der Waals surface area contributed by atoms with Crippen LogP contribution in [0.5, 0.6) is 0 Å². The third-order valence-electron chi connectivity index (χ3n) is 7.27. The van der Waals surface area contributed by atoms with Crippen LogP contribution >= 0.6 is 0 Å². The zero-order chi connectivity index (χ0) is 30.2. The van der Waals surface area contributed by atoms with Crippen molar-refractivity contribution in [3.05, 3.63) is 102 Å². The van der Waals surface area contributed by atoms with E-state index in [0.29, 0.717) is 17.8 Å². The molecule has 0 unspecified atom stereocenters. The number of benzene rings is 3. The number of aryl methyl sites for hydroxylation is 1. The molecule has 0 aliphatic heterocycles. The summed E-state index contributed by atoms with van der Waals surface area (Å²) >= 11 is 0. The number of amides is 2. The van der Waals surface area contributed by atoms with E-state index in [1.807, 2.05) is 106 Å². The second-order valence-electron chi connectivity index (χ2n) is 10.9. The zero-order valence-electron chi connectivity index (χ0n) is 24.2. The molecule has 1 heterocycles. The number of hydrogen-bond donors (Lipinski definition) is 5. The molecule has 0 saturated heterocycles. The second kappa shape index (κ2) is 14.1. The van der Waals surface area contributed by atoms with Crippen LogP contribution in [0.2, 0.25) is 0 Å². The molecule has 0 bridgehead atoms. The van der Waals surface area contributed by atoms with Gasteiger partial charge in [-0.25, -0.2) is 5.48 Å². The molecule has 5 N–H and O–H groups in total. The van der Waals surface area contributed by atoms with Gasteiger partial charge >= 0.3 is 0 Å². The lowest BCUT2D eigenvalue weighted by Gasteiger charge is -2.20. The fraction of sp³-hybridized carbons (Fsp3) is 0.294. The number of aliphatic hydroxyl groups is 2. The summed E-state index contributed by atoms with van der Waals surface area (Å²) < 4.78 is 2.12. The van der Waals surface area contributed by atoms with Gasteiger partial charge in [-0.05, 0) is 48.9 Å². The number of hydrogen-bond acceptors (Lipinski definition) is 5. The van der Waals surface area contributed by atoms with Gasteiger partial charge in [0.2, 0.25) is 5.91 Å². The molecular formula is C34H39N3O5. The van der Waals surface area contributed by atoms with Crippen LogP contribution in [-0.4, -0.2) is 44.0 Å². The van der Waals surface area contributed by atoms with Gasteiger partial charge in [-0.3, -0.25) is 14.8 Å². The van der Waals surface area contributed by atoms with Crippen molar-refractivity contribution in [1.82, 2.24) is 10.0 Å². The lowest BCUT2D eigenvalue weighted by molar-refractivity contribution is -0.131. The van der Waals surface area contributed by atoms with Crippen LogP contribution in [0.25, 0.3) is 22.4 Å². The summed E-state index contributed by atoms with van der Waals surface area (Å²) in [7, 11) is 0. The average Bonchev–Trinajstić information content (AvgIpc) is 3.33. The number of aromatic nitrogens is 1. The van der Waals surface area contributed by atoms with E-state index in [0.717, 1.165) is 33.6 Å². The molecule has 0 radical (unpaired) electrons. The maximum absolute atomic E-state index is 14.1. The Kier molecular flexibility index (Phi) is 10.3. The molecule has 2 atom stereocenters. The molecule has 3 aromatic carbocycles. The molecule has 0 aliphatic rings. The molecule has 0 aliphatic carbocycles. The molecule has 220 valence electrons. The topological polar surface area (TPSA) is 124 Å². The van der Waals surface area contributed by atoms with Crippen LogP contribution in [0, 0.1) is 6.92 Å². The van der Waals surface area contributed by atoms with Crippen LogP contribution < -0.4 is 10.8 Å². The fourth-order valence-electron chi connectivity index (χ4n) is 5.36. The number of aliphatic hydroxyl groups excluding tert-OH is 2. The Morgan fingerprint density at radius 1 is 0.833 bits per heavy atom. The van der Waals surface area contributed by atoms with E-state index in [4.69, 9.17) is 5.21 Å². The smallest absolute Gasteiger partial charge is 0.258 e. The van der Waals surface area contributed by atoms with E-state index in [1.165, 1.54) is 5.48 Å². The molecular weight excluding hydrogens is 530 g/mol. The molecule has 4 aromatic rings. The number of nitrogens with zero attached hydrogens (tertiary/aromatic N) is 1. The maximum atomic E-state index is 14.1. The van der Waals surface area contributed by atoms with Crippen molar-refractivity contribution in [2.24, 2.45) is 0 Å². The number of carbonyl (C=O) groups excluding carboxylic acids is 2. The van der Waals surface area contributed by atoms with Crippen molar-refractivity contribution in [2.75, 3.05) is 5.32 Å². The third kappa shape index (κ3) is 7.33. The largest absolute Gasteiger partial charge is 0.393 e. The first-order valence-electron chi connectivity index (χ1n) is 14.2. The van der Waals surface area contributed by atoms with Crippen LogP contribution in [0.1, 0.15) is 60.6 Å². The number of carbonyl (C=O) groups is 2. The van der Waals surface area contributed by atoms with Crippen molar-refractivity contribution in [1.29, 1.82) is 0 Å². The summed E-state index contributed by atoms with van der Waals surface area (Å²) in [6.07, 6.45) is -2.09. The van der Waals surface area contributed by atoms with Gasteiger partial charge in [-0.2, -0.15) is 0 Å². The molecule has 0 fully saturated rings. The number of hydroxylamine groups is 1. The summed E-state index contributed by atoms with van der Waals surface area (Å²) in [6.45, 7) is 6.49. The predicted octanol–water partition coefficient (Wildman–Crippen LogP) is 5.90. The molecule has 0 saturated carbocycles. The van der Waals surface area contributed by atoms with E-state index >= 15 is 0 Å². The Bertz CT molecular complexity index is 1480. The van der Waals surface area contributed by atoms with E-state index in [9.17, 15) is 19.8 Å². The SMILES string of the molecule is Cc1ccc(-c2c(-c3ccccc3)c(C(=O)Nc3ccccc3)c(C(C)C)n2CC[C@@H](O)C[C@@H](O)CC(=O)NO)cc1. The number of rotatable bonds is 12. The van der Waals surface area contributed by atoms with E-state index in [1.54, 1.807) is 0 Å². The average molecular weight is 570 g/mol. The van der Waals surface area contributed by atoms with Gasteiger partial charge in [-0.1, -0.05) is 92.2 Å². The quantitative estimate of drug-likeness (QED) is 0.107. The van der Waals surface area contributed by atoms with Crippen LogP contribution in [0.15, 0.2) is 84.9 Å². The molecule has 1 aromatic heterocycles. The lowest BCUT2D eigenvalue weighted by Crippen LogP contribution is -2.27. The minimum atomic E-state index is -1.11. The molecule has 0 spiro atoms. The monoisotopic (exact) mass is 569 g/mol. The lowest BCUT2D eigenvalue weighted by atomic mass is 9.94. The number of anilines is 1. The predicted molar refractivity (Wildman–Crippen MR) is 164 cm³/mol. The number of nitrogens with one attached hydrogen (secondary N) is 2. The van der Waals surface area contributed by atoms with Gasteiger partial charge in [0.25, 0.3) is 5.91 Å². The normalized spacial score (nSPS) is 12.6. The Balaban J connectivity index is 1.86. The summed E-state index contributed by atoms with van der Waals surface area (Å²) in [5, 5.41) is 32.9. The highest BCUT2D eigenvalue weighted by Gasteiger charge is 2.30. The highest BCUT2D eigenvalue weighted by molar-refractivity contribution is 6.12. The molecule has 2 amide bonds. The molecule has 8 heteroatoms. The highest BCUT2D eigenvalue weighted by atomic mass is 16.5. The van der Waals surface area contributed by atoms with Crippen LogP contribution in [0.4, 0.5) is 5.69 Å².